The van der Waals surface area contributed by atoms with Crippen molar-refractivity contribution in [3.8, 4) is 11.5 Å². The van der Waals surface area contributed by atoms with E-state index in [0.717, 1.165) is 20.8 Å². The number of carbonyl (C=O) groups excluding carboxylic acids is 2. The van der Waals surface area contributed by atoms with Crippen molar-refractivity contribution < 1.29 is 23.8 Å². The van der Waals surface area contributed by atoms with Crippen LogP contribution in [-0.4, -0.2) is 30.3 Å². The Labute approximate surface area is 190 Å². The smallest absolute Gasteiger partial charge is 0.312 e. The number of fused-ring (bicyclic) bond motifs is 2. The molecule has 8 heteroatoms. The van der Waals surface area contributed by atoms with Crippen LogP contribution in [0.4, 0.5) is 0 Å². The number of hydrogen-bond donors (Lipinski definition) is 1. The van der Waals surface area contributed by atoms with E-state index < -0.39 is 5.41 Å². The molecule has 2 aromatic carbocycles. The monoisotopic (exact) mass is 454 g/mol. The fraction of sp³-hybridized carbons (Fsp3) is 0.375. The molecule has 0 atom stereocenters. The van der Waals surface area contributed by atoms with E-state index in [1.807, 2.05) is 56.3 Å². The van der Waals surface area contributed by atoms with Crippen LogP contribution in [0.5, 0.6) is 11.5 Å². The zero-order chi connectivity index (χ0) is 22.6. The lowest BCUT2D eigenvalue weighted by atomic mass is 9.79. The maximum atomic E-state index is 13.0. The van der Waals surface area contributed by atoms with Crippen molar-refractivity contribution in [2.24, 2.45) is 5.41 Å². The first-order valence-corrected chi connectivity index (χ1v) is 11.5. The lowest BCUT2D eigenvalue weighted by molar-refractivity contribution is -0.159. The summed E-state index contributed by atoms with van der Waals surface area (Å²) in [6.45, 7) is 4.14. The molecular formula is C24H26N2O5S. The van der Waals surface area contributed by atoms with Crippen molar-refractivity contribution in [1.29, 1.82) is 0 Å². The molecule has 2 heterocycles. The van der Waals surface area contributed by atoms with E-state index in [4.69, 9.17) is 14.2 Å². The van der Waals surface area contributed by atoms with Gasteiger partial charge in [0.15, 0.2) is 18.1 Å². The fourth-order valence-electron chi connectivity index (χ4n) is 3.73. The van der Waals surface area contributed by atoms with E-state index in [1.54, 1.807) is 11.3 Å². The summed E-state index contributed by atoms with van der Waals surface area (Å²) in [6.07, 6.45) is 1.71. The quantitative estimate of drug-likeness (QED) is 0.487. The van der Waals surface area contributed by atoms with Crippen LogP contribution < -0.4 is 14.8 Å². The molecule has 168 valence electrons. The van der Waals surface area contributed by atoms with Crippen molar-refractivity contribution in [1.82, 2.24) is 10.3 Å². The van der Waals surface area contributed by atoms with Gasteiger partial charge in [0.05, 0.1) is 20.6 Å². The lowest BCUT2D eigenvalue weighted by Crippen LogP contribution is -2.37. The van der Waals surface area contributed by atoms with Crippen LogP contribution in [-0.2, 0) is 27.3 Å². The number of nitrogens with zero attached hydrogens (tertiary/aromatic N) is 1. The molecular weight excluding hydrogens is 428 g/mol. The molecule has 0 spiro atoms. The van der Waals surface area contributed by atoms with E-state index >= 15 is 0 Å². The van der Waals surface area contributed by atoms with Gasteiger partial charge in [0.25, 0.3) is 5.91 Å². The summed E-state index contributed by atoms with van der Waals surface area (Å²) in [5, 5.41) is 3.68. The van der Waals surface area contributed by atoms with Crippen LogP contribution in [0, 0.1) is 5.41 Å². The van der Waals surface area contributed by atoms with Crippen molar-refractivity contribution >= 4 is 33.4 Å². The largest absolute Gasteiger partial charge is 0.455 e. The molecule has 4 rings (SSSR count). The number of aromatic nitrogens is 1. The number of carbonyl (C=O) groups is 2. The van der Waals surface area contributed by atoms with Gasteiger partial charge in [-0.2, -0.15) is 0 Å². The average Bonchev–Trinajstić information content (AvgIpc) is 3.45. The normalized spacial score (nSPS) is 12.7. The summed E-state index contributed by atoms with van der Waals surface area (Å²) in [7, 11) is 0. The Kier molecular flexibility index (Phi) is 6.60. The van der Waals surface area contributed by atoms with Gasteiger partial charge in [-0.3, -0.25) is 9.59 Å². The summed E-state index contributed by atoms with van der Waals surface area (Å²) in [6, 6.07) is 13.4. The van der Waals surface area contributed by atoms with E-state index in [1.165, 1.54) is 0 Å². The second-order valence-electron chi connectivity index (χ2n) is 7.78. The Morgan fingerprint density at radius 2 is 1.91 bits per heavy atom. The summed E-state index contributed by atoms with van der Waals surface area (Å²) in [5.41, 5.74) is 1.11. The Morgan fingerprint density at radius 3 is 2.69 bits per heavy atom. The summed E-state index contributed by atoms with van der Waals surface area (Å²) < 4.78 is 17.2. The third kappa shape index (κ3) is 4.70. The van der Waals surface area contributed by atoms with Gasteiger partial charge in [0.2, 0.25) is 6.79 Å². The first-order valence-electron chi connectivity index (χ1n) is 10.7. The van der Waals surface area contributed by atoms with Crippen LogP contribution in [0.3, 0.4) is 0 Å². The van der Waals surface area contributed by atoms with Gasteiger partial charge in [-0.1, -0.05) is 32.0 Å². The Bertz CT molecular complexity index is 1090. The maximum absolute atomic E-state index is 13.0. The number of para-hydroxylation sites is 1. The van der Waals surface area contributed by atoms with Gasteiger partial charge in [-0.05, 0) is 42.7 Å². The molecule has 0 saturated heterocycles. The number of ether oxygens (including phenoxy) is 3. The molecule has 0 bridgehead atoms. The first-order chi connectivity index (χ1) is 15.5. The second kappa shape index (κ2) is 9.56. The highest BCUT2D eigenvalue weighted by molar-refractivity contribution is 7.18. The highest BCUT2D eigenvalue weighted by Crippen LogP contribution is 2.35. The van der Waals surface area contributed by atoms with Crippen LogP contribution in [0.2, 0.25) is 0 Å². The zero-order valence-electron chi connectivity index (χ0n) is 18.2. The lowest BCUT2D eigenvalue weighted by Gasteiger charge is -2.28. The van der Waals surface area contributed by atoms with Crippen LogP contribution in [0.25, 0.3) is 10.2 Å². The average molecular weight is 455 g/mol. The Hall–Kier alpha value is -3.13. The van der Waals surface area contributed by atoms with Gasteiger partial charge in [0.1, 0.15) is 0 Å². The highest BCUT2D eigenvalue weighted by Gasteiger charge is 2.38. The number of hydrogen-bond acceptors (Lipinski definition) is 7. The van der Waals surface area contributed by atoms with Gasteiger partial charge in [-0.15, -0.1) is 11.3 Å². The van der Waals surface area contributed by atoms with Crippen molar-refractivity contribution in [3.63, 3.8) is 0 Å². The van der Waals surface area contributed by atoms with Crippen LogP contribution in [0.1, 0.15) is 37.3 Å². The minimum atomic E-state index is -0.703. The minimum absolute atomic E-state index is 0.203. The standard InChI is InChI=1S/C24H26N2O5S/c1-3-24(4-2,12-22-26-17-7-5-6-8-20(17)32-22)23(28)29-14-21(27)25-13-16-9-10-18-19(11-16)31-15-30-18/h5-11H,3-4,12-15H2,1-2H3,(H,25,27). The predicted molar refractivity (Wildman–Crippen MR) is 122 cm³/mol. The molecule has 7 nitrogen and oxygen atoms in total. The molecule has 0 aliphatic carbocycles. The molecule has 1 aromatic heterocycles. The van der Waals surface area contributed by atoms with Gasteiger partial charge in [0, 0.05) is 13.0 Å². The third-order valence-electron chi connectivity index (χ3n) is 5.88. The van der Waals surface area contributed by atoms with E-state index in [0.29, 0.717) is 37.3 Å². The molecule has 0 unspecified atom stereocenters. The van der Waals surface area contributed by atoms with Crippen LogP contribution >= 0.6 is 11.3 Å². The highest BCUT2D eigenvalue weighted by atomic mass is 32.1. The molecule has 32 heavy (non-hydrogen) atoms. The summed E-state index contributed by atoms with van der Waals surface area (Å²) >= 11 is 1.59. The molecule has 0 saturated carbocycles. The Balaban J connectivity index is 1.33. The summed E-state index contributed by atoms with van der Waals surface area (Å²) in [5.74, 6) is 0.642. The number of nitrogens with one attached hydrogen (secondary N) is 1. The number of rotatable bonds is 9. The zero-order valence-corrected chi connectivity index (χ0v) is 19.0. The second-order valence-corrected chi connectivity index (χ2v) is 8.90. The van der Waals surface area contributed by atoms with Gasteiger partial charge < -0.3 is 19.5 Å². The van der Waals surface area contributed by atoms with Crippen molar-refractivity contribution in [2.45, 2.75) is 39.7 Å². The van der Waals surface area contributed by atoms with Crippen molar-refractivity contribution in [3.05, 3.63) is 53.0 Å². The third-order valence-corrected chi connectivity index (χ3v) is 6.91. The fourth-order valence-corrected chi connectivity index (χ4v) is 4.84. The van der Waals surface area contributed by atoms with Gasteiger partial charge in [-0.25, -0.2) is 4.98 Å². The molecule has 1 aliphatic rings. The molecule has 1 N–H and O–H groups in total. The molecule has 3 aromatic rings. The maximum Gasteiger partial charge on any atom is 0.312 e. The van der Waals surface area contributed by atoms with Gasteiger partial charge >= 0.3 is 5.97 Å². The van der Waals surface area contributed by atoms with E-state index in [-0.39, 0.29) is 25.3 Å². The van der Waals surface area contributed by atoms with Crippen molar-refractivity contribution in [2.75, 3.05) is 13.4 Å². The number of amides is 1. The number of esters is 1. The SMILES string of the molecule is CCC(CC)(Cc1nc2ccccc2s1)C(=O)OCC(=O)NCc1ccc2c(c1)OCO2. The van der Waals surface area contributed by atoms with E-state index in [9.17, 15) is 9.59 Å². The summed E-state index contributed by atoms with van der Waals surface area (Å²) in [4.78, 5) is 29.9. The number of thiazole rings is 1. The molecule has 0 fully saturated rings. The molecule has 1 amide bonds. The topological polar surface area (TPSA) is 86.8 Å². The predicted octanol–water partition coefficient (Wildman–Crippen LogP) is 4.23. The minimum Gasteiger partial charge on any atom is -0.455 e. The molecule has 0 radical (unpaired) electrons. The Morgan fingerprint density at radius 1 is 1.12 bits per heavy atom. The number of benzene rings is 2. The van der Waals surface area contributed by atoms with E-state index in [2.05, 4.69) is 10.3 Å². The first kappa shape index (κ1) is 22.1. The molecule has 1 aliphatic heterocycles. The van der Waals surface area contributed by atoms with Crippen LogP contribution in [0.15, 0.2) is 42.5 Å².